The van der Waals surface area contributed by atoms with Gasteiger partial charge in [-0.3, -0.25) is 4.79 Å². The van der Waals surface area contributed by atoms with Crippen LogP contribution < -0.4 is 10.6 Å². The zero-order valence-electron chi connectivity index (χ0n) is 26.7. The third kappa shape index (κ3) is 10.4. The molecule has 0 saturated carbocycles. The Hall–Kier alpha value is -3.25. The molecule has 3 aromatic carbocycles. The van der Waals surface area contributed by atoms with Crippen molar-refractivity contribution >= 4 is 14.2 Å². The SMILES string of the molecule is C[C@H](Cc1ccc(CC(=O)NCc2cc(C(F)(F)F)ccc2F)cc1)NC[C@H](O[Si](C)(C)C(C)(C)C)c1ccc(O)c(CO)c1. The lowest BCUT2D eigenvalue weighted by Gasteiger charge is -2.40. The van der Waals surface area contributed by atoms with Crippen molar-refractivity contribution in [2.24, 2.45) is 0 Å². The number of aliphatic hydroxyl groups is 1. The fourth-order valence-electron chi connectivity index (χ4n) is 4.55. The van der Waals surface area contributed by atoms with Crippen molar-refractivity contribution in [2.75, 3.05) is 6.54 Å². The number of rotatable bonds is 13. The number of alkyl halides is 3. The number of phenols is 1. The third-order valence-corrected chi connectivity index (χ3v) is 12.8. The predicted molar refractivity (Wildman–Crippen MR) is 170 cm³/mol. The molecule has 0 heterocycles. The number of amides is 1. The normalized spacial score (nSPS) is 13.8. The maximum atomic E-state index is 14.0. The zero-order valence-corrected chi connectivity index (χ0v) is 27.7. The van der Waals surface area contributed by atoms with Crippen molar-refractivity contribution in [3.63, 3.8) is 0 Å². The van der Waals surface area contributed by atoms with E-state index in [1.807, 2.05) is 30.3 Å². The Morgan fingerprint density at radius 3 is 2.20 bits per heavy atom. The highest BCUT2D eigenvalue weighted by molar-refractivity contribution is 6.74. The highest BCUT2D eigenvalue weighted by Crippen LogP contribution is 2.40. The fraction of sp³-hybridized carbons (Fsp3) is 0.441. The predicted octanol–water partition coefficient (Wildman–Crippen LogP) is 7.19. The maximum absolute atomic E-state index is 14.0. The fourth-order valence-corrected chi connectivity index (χ4v) is 5.83. The summed E-state index contributed by atoms with van der Waals surface area (Å²) in [6.07, 6.45) is -4.18. The molecule has 0 fully saturated rings. The van der Waals surface area contributed by atoms with E-state index in [0.29, 0.717) is 30.7 Å². The van der Waals surface area contributed by atoms with Gasteiger partial charge in [-0.25, -0.2) is 4.39 Å². The Labute approximate surface area is 264 Å². The number of benzene rings is 3. The summed E-state index contributed by atoms with van der Waals surface area (Å²) in [5.74, 6) is -1.20. The summed E-state index contributed by atoms with van der Waals surface area (Å²) in [6, 6.07) is 14.9. The smallest absolute Gasteiger partial charge is 0.416 e. The monoisotopic (exact) mass is 648 g/mol. The van der Waals surface area contributed by atoms with Gasteiger partial charge in [0, 0.05) is 30.3 Å². The van der Waals surface area contributed by atoms with E-state index >= 15 is 0 Å². The largest absolute Gasteiger partial charge is 0.508 e. The summed E-state index contributed by atoms with van der Waals surface area (Å²) >= 11 is 0. The van der Waals surface area contributed by atoms with Gasteiger partial charge in [0.1, 0.15) is 11.6 Å². The van der Waals surface area contributed by atoms with Crippen LogP contribution in [0.4, 0.5) is 17.6 Å². The van der Waals surface area contributed by atoms with E-state index in [1.54, 1.807) is 12.1 Å². The third-order valence-electron chi connectivity index (χ3n) is 8.32. The number of carbonyl (C=O) groups excluding carboxylic acids is 1. The van der Waals surface area contributed by atoms with Gasteiger partial charge in [0.05, 0.1) is 24.7 Å². The molecule has 2 atom stereocenters. The Balaban J connectivity index is 1.58. The van der Waals surface area contributed by atoms with Crippen LogP contribution in [0.25, 0.3) is 0 Å². The van der Waals surface area contributed by atoms with Crippen LogP contribution in [0, 0.1) is 5.82 Å². The molecule has 0 aliphatic heterocycles. The molecule has 0 unspecified atom stereocenters. The van der Waals surface area contributed by atoms with Crippen LogP contribution in [0.3, 0.4) is 0 Å². The maximum Gasteiger partial charge on any atom is 0.416 e. The lowest BCUT2D eigenvalue weighted by molar-refractivity contribution is -0.137. The summed E-state index contributed by atoms with van der Waals surface area (Å²) in [5, 5.41) is 25.8. The molecule has 0 aliphatic rings. The summed E-state index contributed by atoms with van der Waals surface area (Å²) < 4.78 is 59.6. The van der Waals surface area contributed by atoms with E-state index in [4.69, 9.17) is 4.43 Å². The lowest BCUT2D eigenvalue weighted by Crippen LogP contribution is -2.44. The molecule has 3 rings (SSSR count). The van der Waals surface area contributed by atoms with Crippen LogP contribution in [0.2, 0.25) is 18.1 Å². The molecule has 45 heavy (non-hydrogen) atoms. The van der Waals surface area contributed by atoms with Crippen LogP contribution in [0.15, 0.2) is 60.7 Å². The van der Waals surface area contributed by atoms with Gasteiger partial charge in [-0.05, 0) is 78.5 Å². The number of hydrogen-bond donors (Lipinski definition) is 4. The molecule has 11 heteroatoms. The molecule has 0 saturated heterocycles. The van der Waals surface area contributed by atoms with Crippen molar-refractivity contribution in [3.8, 4) is 5.75 Å². The number of aromatic hydroxyl groups is 1. The first-order chi connectivity index (χ1) is 20.9. The molecule has 6 nitrogen and oxygen atoms in total. The molecule has 0 radical (unpaired) electrons. The van der Waals surface area contributed by atoms with E-state index in [-0.39, 0.29) is 48.1 Å². The van der Waals surface area contributed by atoms with Crippen LogP contribution in [-0.2, 0) is 41.4 Å². The number of nitrogens with one attached hydrogen (secondary N) is 2. The highest BCUT2D eigenvalue weighted by Gasteiger charge is 2.39. The van der Waals surface area contributed by atoms with Gasteiger partial charge in [-0.1, -0.05) is 51.1 Å². The molecule has 1 amide bonds. The Kier molecular flexibility index (Phi) is 12.0. The minimum atomic E-state index is -4.60. The first-order valence-corrected chi connectivity index (χ1v) is 17.8. The molecular weight excluding hydrogens is 604 g/mol. The Morgan fingerprint density at radius 2 is 1.60 bits per heavy atom. The van der Waals surface area contributed by atoms with Gasteiger partial charge >= 0.3 is 6.18 Å². The number of aliphatic hydroxyl groups excluding tert-OH is 1. The topological polar surface area (TPSA) is 90.8 Å². The Bertz CT molecular complexity index is 1440. The van der Waals surface area contributed by atoms with E-state index in [0.717, 1.165) is 22.8 Å². The quantitative estimate of drug-likeness (QED) is 0.116. The summed E-state index contributed by atoms with van der Waals surface area (Å²) in [5.41, 5.74) is 1.88. The summed E-state index contributed by atoms with van der Waals surface area (Å²) in [4.78, 5) is 12.4. The van der Waals surface area contributed by atoms with Gasteiger partial charge in [0.2, 0.25) is 5.91 Å². The second-order valence-corrected chi connectivity index (χ2v) is 17.8. The first kappa shape index (κ1) is 36.2. The molecule has 4 N–H and O–H groups in total. The number of carbonyl (C=O) groups is 1. The van der Waals surface area contributed by atoms with Crippen molar-refractivity contribution in [3.05, 3.63) is 99.9 Å². The van der Waals surface area contributed by atoms with Gasteiger partial charge in [-0.2, -0.15) is 13.2 Å². The molecular formula is C34H44F4N2O4Si. The minimum absolute atomic E-state index is 0.00356. The molecule has 0 spiro atoms. The first-order valence-electron chi connectivity index (χ1n) is 14.9. The van der Waals surface area contributed by atoms with Gasteiger partial charge in [0.15, 0.2) is 8.32 Å². The summed E-state index contributed by atoms with van der Waals surface area (Å²) in [7, 11) is -2.16. The zero-order chi connectivity index (χ0) is 33.6. The van der Waals surface area contributed by atoms with Crippen molar-refractivity contribution in [1.29, 1.82) is 0 Å². The average Bonchev–Trinajstić information content (AvgIpc) is 2.95. The van der Waals surface area contributed by atoms with Gasteiger partial charge < -0.3 is 25.3 Å². The second kappa shape index (κ2) is 14.9. The van der Waals surface area contributed by atoms with Crippen LogP contribution >= 0.6 is 0 Å². The lowest BCUT2D eigenvalue weighted by atomic mass is 10.0. The minimum Gasteiger partial charge on any atom is -0.508 e. The van der Waals surface area contributed by atoms with Crippen molar-refractivity contribution < 1.29 is 37.0 Å². The van der Waals surface area contributed by atoms with Crippen molar-refractivity contribution in [2.45, 2.75) is 90.1 Å². The van der Waals surface area contributed by atoms with E-state index in [2.05, 4.69) is 51.4 Å². The van der Waals surface area contributed by atoms with Gasteiger partial charge in [-0.15, -0.1) is 0 Å². The standard InChI is InChI=1S/C34H44F4N2O4Si/c1-22(39-20-31(44-45(5,6)33(2,3)4)25-11-14-30(42)27(17-25)21-41)15-23-7-9-24(10-8-23)16-32(43)40-19-26-18-28(34(36,37)38)12-13-29(26)35/h7-14,17-18,22,31,39,41-42H,15-16,19-21H2,1-6H3,(H,40,43)/t22-,31+/m1/s1. The molecule has 0 bridgehead atoms. The summed E-state index contributed by atoms with van der Waals surface area (Å²) in [6.45, 7) is 12.8. The molecule has 0 aliphatic carbocycles. The van der Waals surface area contributed by atoms with Crippen LogP contribution in [0.5, 0.6) is 5.75 Å². The number of halogens is 4. The van der Waals surface area contributed by atoms with Crippen LogP contribution in [-0.4, -0.2) is 37.0 Å². The van der Waals surface area contributed by atoms with E-state index < -0.39 is 31.8 Å². The molecule has 0 aromatic heterocycles. The molecule has 246 valence electrons. The number of hydrogen-bond acceptors (Lipinski definition) is 5. The van der Waals surface area contributed by atoms with E-state index in [1.165, 1.54) is 0 Å². The highest BCUT2D eigenvalue weighted by atomic mass is 28.4. The van der Waals surface area contributed by atoms with Gasteiger partial charge in [0.25, 0.3) is 0 Å². The second-order valence-electron chi connectivity index (χ2n) is 13.0. The molecule has 3 aromatic rings. The van der Waals surface area contributed by atoms with Crippen LogP contribution in [0.1, 0.15) is 67.2 Å². The van der Waals surface area contributed by atoms with E-state index in [9.17, 15) is 32.6 Å². The van der Waals surface area contributed by atoms with Crippen molar-refractivity contribution in [1.82, 2.24) is 10.6 Å². The Morgan fingerprint density at radius 1 is 0.956 bits per heavy atom. The average molecular weight is 649 g/mol.